The third-order valence-electron chi connectivity index (χ3n) is 9.86. The lowest BCUT2D eigenvalue weighted by molar-refractivity contribution is -0.142. The number of amides is 5. The Balaban J connectivity index is 1.23. The summed E-state index contributed by atoms with van der Waals surface area (Å²) < 4.78 is 25.7. The molecule has 5 amide bonds. The summed E-state index contributed by atoms with van der Waals surface area (Å²) in [5, 5.41) is 6.10. The van der Waals surface area contributed by atoms with Gasteiger partial charge in [-0.05, 0) is 82.3 Å². The van der Waals surface area contributed by atoms with Gasteiger partial charge in [-0.3, -0.25) is 19.3 Å². The fourth-order valence-corrected chi connectivity index (χ4v) is 7.17. The van der Waals surface area contributed by atoms with Gasteiger partial charge in [0.2, 0.25) is 11.8 Å². The Bertz CT molecular complexity index is 1770. The van der Waals surface area contributed by atoms with Gasteiger partial charge in [-0.15, -0.1) is 0 Å². The molecule has 1 saturated heterocycles. The molecule has 15 heteroatoms. The highest BCUT2D eigenvalue weighted by Gasteiger charge is 2.61. The molecule has 0 radical (unpaired) electrons. The summed E-state index contributed by atoms with van der Waals surface area (Å²) in [6, 6.07) is 8.84. The molecule has 3 aliphatic heterocycles. The number of allylic oxidation sites excluding steroid dienone is 1. The highest BCUT2D eigenvalue weighted by molar-refractivity contribution is 6.30. The van der Waals surface area contributed by atoms with E-state index in [2.05, 4.69) is 16.1 Å². The average Bonchev–Trinajstić information content (AvgIpc) is 3.39. The van der Waals surface area contributed by atoms with Crippen molar-refractivity contribution < 1.29 is 42.7 Å². The lowest BCUT2D eigenvalue weighted by Gasteiger charge is -2.30. The topological polar surface area (TPSA) is 156 Å². The molecule has 1 saturated carbocycles. The number of nitrogens with one attached hydrogen (secondary N) is 3. The van der Waals surface area contributed by atoms with Gasteiger partial charge in [0.15, 0.2) is 5.75 Å². The minimum atomic E-state index is -1.37. The average molecular weight is 754 g/mol. The molecule has 5 atom stereocenters. The predicted molar refractivity (Wildman–Crippen MR) is 191 cm³/mol. The van der Waals surface area contributed by atoms with E-state index in [0.717, 1.165) is 19.3 Å². The first-order valence-electron chi connectivity index (χ1n) is 18.0. The number of hydrogen-bond donors (Lipinski definition) is 3. The summed E-state index contributed by atoms with van der Waals surface area (Å²) in [4.78, 5) is 76.8. The van der Waals surface area contributed by atoms with Crippen molar-refractivity contribution in [3.05, 3.63) is 76.6 Å². The second kappa shape index (κ2) is 15.6. The number of nitrogens with zero attached hydrogens (tertiary/aromatic N) is 2. The molecule has 2 aromatic carbocycles. The minimum Gasteiger partial charge on any atom is -0.444 e. The molecule has 0 unspecified atom stereocenters. The zero-order valence-corrected chi connectivity index (χ0v) is 30.7. The number of carbonyl (C=O) groups excluding carboxylic acids is 5. The number of rotatable bonds is 5. The maximum absolute atomic E-state index is 14.4. The zero-order chi connectivity index (χ0) is 37.9. The summed E-state index contributed by atoms with van der Waals surface area (Å²) in [5.41, 5.74) is 1.34. The van der Waals surface area contributed by atoms with Crippen molar-refractivity contribution in [3.63, 3.8) is 0 Å². The number of hydroxylamine groups is 1. The molecule has 0 bridgehead atoms. The van der Waals surface area contributed by atoms with E-state index in [1.165, 1.54) is 15.9 Å². The highest BCUT2D eigenvalue weighted by atomic mass is 35.5. The van der Waals surface area contributed by atoms with E-state index in [-0.39, 0.29) is 38.4 Å². The van der Waals surface area contributed by atoms with Crippen LogP contribution in [0.15, 0.2) is 54.6 Å². The molecular formula is C38H45ClFN5O8. The van der Waals surface area contributed by atoms with Crippen molar-refractivity contribution >= 4 is 41.5 Å². The SMILES string of the molecule is CC(C)(C)OC(=O)N[C@H]1CCCCC/C=C\[C@@H]2C[C@@]2(C(=O)NOc2ccc(Cl)cc2)NC(=O)[C@@H]2C[C@@H](OC(=O)N3Cc4cccc(F)c4C3)CN2C1=O. The zero-order valence-electron chi connectivity index (χ0n) is 30.0. The quantitative estimate of drug-likeness (QED) is 0.275. The van der Waals surface area contributed by atoms with Crippen LogP contribution < -0.4 is 21.0 Å². The second-order valence-electron chi connectivity index (χ2n) is 15.0. The molecule has 4 aliphatic rings. The van der Waals surface area contributed by atoms with Crippen LogP contribution in [-0.2, 0) is 36.9 Å². The van der Waals surface area contributed by atoms with Gasteiger partial charge < -0.3 is 29.8 Å². The van der Waals surface area contributed by atoms with E-state index in [0.29, 0.717) is 34.7 Å². The number of benzene rings is 2. The maximum Gasteiger partial charge on any atom is 0.410 e. The Morgan fingerprint density at radius 3 is 2.55 bits per heavy atom. The van der Waals surface area contributed by atoms with Crippen molar-refractivity contribution in [2.24, 2.45) is 5.92 Å². The number of carbonyl (C=O) groups is 5. The maximum atomic E-state index is 14.4. The van der Waals surface area contributed by atoms with Crippen LogP contribution in [0.2, 0.25) is 5.02 Å². The molecule has 0 aromatic heterocycles. The molecule has 53 heavy (non-hydrogen) atoms. The second-order valence-corrected chi connectivity index (χ2v) is 15.4. The summed E-state index contributed by atoms with van der Waals surface area (Å²) in [6.07, 6.45) is 4.87. The molecule has 0 spiro atoms. The van der Waals surface area contributed by atoms with Crippen LogP contribution in [0.5, 0.6) is 5.75 Å². The van der Waals surface area contributed by atoms with Crippen LogP contribution in [0.4, 0.5) is 14.0 Å². The summed E-state index contributed by atoms with van der Waals surface area (Å²) in [7, 11) is 0. The van der Waals surface area contributed by atoms with Gasteiger partial charge in [-0.2, -0.15) is 5.48 Å². The molecule has 3 heterocycles. The van der Waals surface area contributed by atoms with Crippen LogP contribution >= 0.6 is 11.6 Å². The lowest BCUT2D eigenvalue weighted by Crippen LogP contribution is -2.58. The van der Waals surface area contributed by atoms with Crippen molar-refractivity contribution in [1.29, 1.82) is 0 Å². The first-order chi connectivity index (χ1) is 25.2. The van der Waals surface area contributed by atoms with E-state index in [9.17, 15) is 28.4 Å². The fourth-order valence-electron chi connectivity index (χ4n) is 7.04. The van der Waals surface area contributed by atoms with Crippen LogP contribution in [0.1, 0.15) is 76.8 Å². The summed E-state index contributed by atoms with van der Waals surface area (Å²) in [6.45, 7) is 5.16. The monoisotopic (exact) mass is 753 g/mol. The summed E-state index contributed by atoms with van der Waals surface area (Å²) in [5.74, 6) is -2.18. The standard InChI is InChI=1S/C38H45ClFN5O8/c1-37(2,3)52-35(49)41-30-13-8-6-4-5-7-11-24-19-38(24,34(48)43-53-26-16-14-25(39)15-17-26)42-32(46)31-18-27(21-45(31)33(30)47)51-36(50)44-20-23-10-9-12-29(40)28(23)22-44/h7,9-12,14-17,24,27,30-31H,4-6,8,13,18-22H2,1-3H3,(H,41,49)(H,42,46)(H,43,48)/b11-7-/t24-,27-,30+,31+,38-/m1/s1. The Morgan fingerprint density at radius 1 is 1.04 bits per heavy atom. The van der Waals surface area contributed by atoms with E-state index in [4.69, 9.17) is 25.9 Å². The van der Waals surface area contributed by atoms with Gasteiger partial charge in [0.1, 0.15) is 35.1 Å². The van der Waals surface area contributed by atoms with Crippen molar-refractivity contribution in [2.75, 3.05) is 6.54 Å². The highest BCUT2D eigenvalue weighted by Crippen LogP contribution is 2.45. The van der Waals surface area contributed by atoms with E-state index >= 15 is 0 Å². The van der Waals surface area contributed by atoms with Crippen molar-refractivity contribution in [1.82, 2.24) is 25.9 Å². The molecule has 284 valence electrons. The summed E-state index contributed by atoms with van der Waals surface area (Å²) >= 11 is 5.97. The normalized spacial score (nSPS) is 26.4. The first kappa shape index (κ1) is 37.9. The molecule has 1 aliphatic carbocycles. The van der Waals surface area contributed by atoms with Crippen LogP contribution in [-0.4, -0.2) is 75.6 Å². The van der Waals surface area contributed by atoms with Crippen LogP contribution in [0.3, 0.4) is 0 Å². The van der Waals surface area contributed by atoms with Gasteiger partial charge in [0, 0.05) is 29.5 Å². The first-order valence-corrected chi connectivity index (χ1v) is 18.3. The molecule has 3 N–H and O–H groups in total. The van der Waals surface area contributed by atoms with Crippen molar-refractivity contribution in [3.8, 4) is 5.75 Å². The lowest BCUT2D eigenvalue weighted by atomic mass is 10.0. The Kier molecular flexibility index (Phi) is 11.2. The molecule has 6 rings (SSSR count). The number of alkyl carbamates (subject to hydrolysis) is 1. The minimum absolute atomic E-state index is 0.0205. The Hall–Kier alpha value is -4.85. The van der Waals surface area contributed by atoms with E-state index in [1.807, 2.05) is 12.2 Å². The fraction of sp³-hybridized carbons (Fsp3) is 0.500. The molecule has 2 aromatic rings. The van der Waals surface area contributed by atoms with Gasteiger partial charge in [-0.25, -0.2) is 14.0 Å². The van der Waals surface area contributed by atoms with Crippen LogP contribution in [0, 0.1) is 11.7 Å². The Labute approximate surface area is 312 Å². The largest absolute Gasteiger partial charge is 0.444 e. The number of fused-ring (bicyclic) bond motifs is 3. The number of ether oxygens (including phenoxy) is 2. The van der Waals surface area contributed by atoms with Crippen LogP contribution in [0.25, 0.3) is 0 Å². The number of halogens is 2. The molecule has 2 fully saturated rings. The third kappa shape index (κ3) is 9.03. The van der Waals surface area contributed by atoms with E-state index < -0.39 is 65.1 Å². The smallest absolute Gasteiger partial charge is 0.410 e. The predicted octanol–water partition coefficient (Wildman–Crippen LogP) is 5.30. The van der Waals surface area contributed by atoms with E-state index in [1.54, 1.807) is 57.2 Å². The Morgan fingerprint density at radius 2 is 1.81 bits per heavy atom. The van der Waals surface area contributed by atoms with Gasteiger partial charge in [0.05, 0.1) is 13.1 Å². The third-order valence-corrected chi connectivity index (χ3v) is 10.1. The van der Waals surface area contributed by atoms with Crippen molar-refractivity contribution in [2.45, 2.75) is 108 Å². The molecular weight excluding hydrogens is 709 g/mol. The van der Waals surface area contributed by atoms with Gasteiger partial charge >= 0.3 is 12.2 Å². The molecule has 13 nitrogen and oxygen atoms in total. The van der Waals surface area contributed by atoms with Gasteiger partial charge in [-0.1, -0.05) is 48.7 Å². The van der Waals surface area contributed by atoms with Gasteiger partial charge in [0.25, 0.3) is 5.91 Å². The number of hydrogen-bond acceptors (Lipinski definition) is 8.